The first-order valence-electron chi connectivity index (χ1n) is 8.24. The van der Waals surface area contributed by atoms with Crippen LogP contribution in [-0.2, 0) is 14.6 Å². The molecule has 2 aromatic rings. The summed E-state index contributed by atoms with van der Waals surface area (Å²) in [5, 5.41) is 3.34. The molecule has 0 spiro atoms. The number of halogens is 1. The lowest BCUT2D eigenvalue weighted by Gasteiger charge is -2.21. The fourth-order valence-electron chi connectivity index (χ4n) is 2.41. The molecule has 0 heterocycles. The number of sulfone groups is 1. The number of para-hydroxylation sites is 1. The highest BCUT2D eigenvalue weighted by molar-refractivity contribution is 7.90. The number of nitrogens with one attached hydrogen (secondary N) is 1. The van der Waals surface area contributed by atoms with E-state index in [1.807, 2.05) is 13.8 Å². The summed E-state index contributed by atoms with van der Waals surface area (Å²) < 4.78 is 28.8. The Morgan fingerprint density at radius 1 is 1.15 bits per heavy atom. The molecule has 0 aliphatic rings. The van der Waals surface area contributed by atoms with E-state index >= 15 is 0 Å². The lowest BCUT2D eigenvalue weighted by atomic mass is 10.1. The van der Waals surface area contributed by atoms with Crippen molar-refractivity contribution in [1.29, 1.82) is 0 Å². The molecule has 0 bridgehead atoms. The van der Waals surface area contributed by atoms with Crippen molar-refractivity contribution in [3.05, 3.63) is 59.1 Å². The third-order valence-electron chi connectivity index (χ3n) is 3.94. The summed E-state index contributed by atoms with van der Waals surface area (Å²) >= 11 is 6.08. The number of hydrogen-bond donors (Lipinski definition) is 1. The van der Waals surface area contributed by atoms with Crippen LogP contribution in [0.5, 0.6) is 5.75 Å². The van der Waals surface area contributed by atoms with Crippen molar-refractivity contribution in [2.24, 2.45) is 0 Å². The molecule has 1 N–H and O–H groups in total. The van der Waals surface area contributed by atoms with Gasteiger partial charge in [0.25, 0.3) is 5.91 Å². The molecule has 0 unspecified atom stereocenters. The first-order chi connectivity index (χ1) is 12.2. The van der Waals surface area contributed by atoms with Crippen molar-refractivity contribution >= 4 is 27.3 Å². The molecular weight excluding hydrogens is 374 g/mol. The van der Waals surface area contributed by atoms with Crippen LogP contribution < -0.4 is 10.1 Å². The number of carbonyl (C=O) groups is 1. The molecule has 0 aromatic heterocycles. The van der Waals surface area contributed by atoms with Crippen LogP contribution >= 0.6 is 11.6 Å². The molecule has 7 heteroatoms. The molecule has 0 fully saturated rings. The van der Waals surface area contributed by atoms with Gasteiger partial charge in [-0.15, -0.1) is 0 Å². The van der Waals surface area contributed by atoms with Gasteiger partial charge in [0.2, 0.25) is 0 Å². The van der Waals surface area contributed by atoms with E-state index < -0.39 is 15.9 Å². The quantitative estimate of drug-likeness (QED) is 0.774. The average molecular weight is 396 g/mol. The Balaban J connectivity index is 2.06. The van der Waals surface area contributed by atoms with E-state index in [1.54, 1.807) is 36.4 Å². The van der Waals surface area contributed by atoms with Gasteiger partial charge in [0, 0.05) is 6.26 Å². The summed E-state index contributed by atoms with van der Waals surface area (Å²) in [7, 11) is -3.24. The van der Waals surface area contributed by atoms with Crippen LogP contribution in [-0.4, -0.2) is 26.7 Å². The van der Waals surface area contributed by atoms with E-state index in [0.29, 0.717) is 17.2 Å². The maximum absolute atomic E-state index is 12.5. The van der Waals surface area contributed by atoms with Crippen LogP contribution in [0.1, 0.15) is 31.9 Å². The molecule has 2 atom stereocenters. The number of carbonyl (C=O) groups excluding carboxylic acids is 1. The van der Waals surface area contributed by atoms with Crippen molar-refractivity contribution in [1.82, 2.24) is 5.32 Å². The van der Waals surface area contributed by atoms with Gasteiger partial charge in [0.05, 0.1) is 16.0 Å². The molecule has 0 saturated heterocycles. The molecule has 0 radical (unpaired) electrons. The van der Waals surface area contributed by atoms with Gasteiger partial charge < -0.3 is 10.1 Å². The second kappa shape index (κ2) is 8.56. The van der Waals surface area contributed by atoms with Crippen molar-refractivity contribution < 1.29 is 17.9 Å². The fourth-order valence-corrected chi connectivity index (χ4v) is 3.22. The van der Waals surface area contributed by atoms with Crippen LogP contribution in [0.25, 0.3) is 0 Å². The maximum atomic E-state index is 12.5. The number of hydrogen-bond acceptors (Lipinski definition) is 4. The molecule has 0 aliphatic carbocycles. The molecule has 2 rings (SSSR count). The molecule has 0 aliphatic heterocycles. The normalized spacial score (nSPS) is 13.7. The number of benzene rings is 2. The Hall–Kier alpha value is -2.05. The van der Waals surface area contributed by atoms with E-state index in [-0.39, 0.29) is 16.8 Å². The lowest BCUT2D eigenvalue weighted by molar-refractivity contribution is -0.128. The topological polar surface area (TPSA) is 72.5 Å². The third-order valence-corrected chi connectivity index (χ3v) is 5.38. The van der Waals surface area contributed by atoms with E-state index in [2.05, 4.69) is 5.32 Å². The van der Waals surface area contributed by atoms with Gasteiger partial charge in [0.1, 0.15) is 5.75 Å². The van der Waals surface area contributed by atoms with Gasteiger partial charge in [-0.3, -0.25) is 4.79 Å². The highest BCUT2D eigenvalue weighted by atomic mass is 35.5. The monoisotopic (exact) mass is 395 g/mol. The van der Waals surface area contributed by atoms with Crippen LogP contribution in [0, 0.1) is 0 Å². The highest BCUT2D eigenvalue weighted by Crippen LogP contribution is 2.25. The van der Waals surface area contributed by atoms with Crippen LogP contribution in [0.3, 0.4) is 0 Å². The van der Waals surface area contributed by atoms with E-state index in [4.69, 9.17) is 16.3 Å². The third kappa shape index (κ3) is 5.22. The minimum Gasteiger partial charge on any atom is -0.479 e. The first kappa shape index (κ1) is 20.3. The van der Waals surface area contributed by atoms with E-state index in [1.165, 1.54) is 12.1 Å². The predicted molar refractivity (Wildman–Crippen MR) is 102 cm³/mol. The summed E-state index contributed by atoms with van der Waals surface area (Å²) in [5.41, 5.74) is 0.804. The molecule has 26 heavy (non-hydrogen) atoms. The van der Waals surface area contributed by atoms with Crippen molar-refractivity contribution in [2.45, 2.75) is 37.3 Å². The smallest absolute Gasteiger partial charge is 0.261 e. The summed E-state index contributed by atoms with van der Waals surface area (Å²) in [5.74, 6) is 0.202. The Labute approximate surface area is 159 Å². The fraction of sp³-hybridized carbons (Fsp3) is 0.316. The lowest BCUT2D eigenvalue weighted by Crippen LogP contribution is -2.39. The maximum Gasteiger partial charge on any atom is 0.261 e. The molecule has 140 valence electrons. The minimum atomic E-state index is -3.24. The second-order valence-electron chi connectivity index (χ2n) is 6.02. The van der Waals surface area contributed by atoms with Gasteiger partial charge in [-0.05, 0) is 43.2 Å². The Morgan fingerprint density at radius 2 is 1.77 bits per heavy atom. The Morgan fingerprint density at radius 3 is 2.31 bits per heavy atom. The first-order valence-corrected chi connectivity index (χ1v) is 10.5. The van der Waals surface area contributed by atoms with Gasteiger partial charge in [0.15, 0.2) is 15.9 Å². The number of amides is 1. The van der Waals surface area contributed by atoms with Crippen molar-refractivity contribution in [3.8, 4) is 5.75 Å². The Bertz CT molecular complexity index is 865. The van der Waals surface area contributed by atoms with E-state index in [9.17, 15) is 13.2 Å². The summed E-state index contributed by atoms with van der Waals surface area (Å²) in [6.07, 6.45) is 0.967. The van der Waals surface area contributed by atoms with Gasteiger partial charge >= 0.3 is 0 Å². The molecular formula is C19H22ClNO4S. The van der Waals surface area contributed by atoms with Gasteiger partial charge in [-0.25, -0.2) is 8.42 Å². The molecule has 2 aromatic carbocycles. The Kier molecular flexibility index (Phi) is 6.67. The molecule has 5 nitrogen and oxygen atoms in total. The zero-order chi connectivity index (χ0) is 19.3. The van der Waals surface area contributed by atoms with Gasteiger partial charge in [-0.2, -0.15) is 0 Å². The minimum absolute atomic E-state index is 0.244. The van der Waals surface area contributed by atoms with Crippen molar-refractivity contribution in [3.63, 3.8) is 0 Å². The SMILES string of the molecule is CC[C@H](Oc1ccccc1Cl)C(=O)N[C@@H](C)c1ccc(S(C)(=O)=O)cc1. The standard InChI is InChI=1S/C19H22ClNO4S/c1-4-17(25-18-8-6-5-7-16(18)20)19(22)21-13(2)14-9-11-15(12-10-14)26(3,23)24/h5-13,17H,4H2,1-3H3,(H,21,22)/t13-,17-/m0/s1. The van der Waals surface area contributed by atoms with Gasteiger partial charge in [-0.1, -0.05) is 42.8 Å². The van der Waals surface area contributed by atoms with Crippen molar-refractivity contribution in [2.75, 3.05) is 6.26 Å². The number of ether oxygens (including phenoxy) is 1. The zero-order valence-electron chi connectivity index (χ0n) is 14.9. The summed E-state index contributed by atoms with van der Waals surface area (Å²) in [6.45, 7) is 3.68. The van der Waals surface area contributed by atoms with Crippen LogP contribution in [0.15, 0.2) is 53.4 Å². The zero-order valence-corrected chi connectivity index (χ0v) is 16.5. The predicted octanol–water partition coefficient (Wildman–Crippen LogP) is 3.78. The number of rotatable bonds is 7. The average Bonchev–Trinajstić information content (AvgIpc) is 2.60. The van der Waals surface area contributed by atoms with Crippen LogP contribution in [0.2, 0.25) is 5.02 Å². The summed E-state index contributed by atoms with van der Waals surface area (Å²) in [4.78, 5) is 12.8. The summed E-state index contributed by atoms with van der Waals surface area (Å²) in [6, 6.07) is 13.2. The highest BCUT2D eigenvalue weighted by Gasteiger charge is 2.21. The molecule has 0 saturated carbocycles. The van der Waals surface area contributed by atoms with Crippen LogP contribution in [0.4, 0.5) is 0 Å². The largest absolute Gasteiger partial charge is 0.479 e. The van der Waals surface area contributed by atoms with E-state index in [0.717, 1.165) is 11.8 Å². The second-order valence-corrected chi connectivity index (χ2v) is 8.44. The molecule has 1 amide bonds.